The number of thiophene rings is 1. The molecule has 0 aliphatic rings. The van der Waals surface area contributed by atoms with Gasteiger partial charge in [0.1, 0.15) is 10.6 Å². The summed E-state index contributed by atoms with van der Waals surface area (Å²) in [5.41, 5.74) is 0. The van der Waals surface area contributed by atoms with E-state index in [9.17, 15) is 8.42 Å². The number of aromatic nitrogens is 2. The SMILES string of the molecule is CCNc1nc(NCCS(=O)(=O)CC)c2ccsc2n1. The van der Waals surface area contributed by atoms with Crippen molar-refractivity contribution < 1.29 is 8.42 Å². The van der Waals surface area contributed by atoms with Gasteiger partial charge in [-0.2, -0.15) is 4.98 Å². The summed E-state index contributed by atoms with van der Waals surface area (Å²) in [5.74, 6) is 1.51. The average molecular weight is 314 g/mol. The number of hydrogen-bond acceptors (Lipinski definition) is 7. The Labute approximate surface area is 122 Å². The molecule has 0 unspecified atom stereocenters. The van der Waals surface area contributed by atoms with Crippen LogP contribution in [-0.2, 0) is 9.84 Å². The van der Waals surface area contributed by atoms with Crippen molar-refractivity contribution in [1.29, 1.82) is 0 Å². The Morgan fingerprint density at radius 1 is 1.25 bits per heavy atom. The molecule has 0 saturated carbocycles. The quantitative estimate of drug-likeness (QED) is 0.813. The first-order valence-corrected chi connectivity index (χ1v) is 9.19. The summed E-state index contributed by atoms with van der Waals surface area (Å²) < 4.78 is 23.0. The first-order chi connectivity index (χ1) is 9.55. The zero-order valence-corrected chi connectivity index (χ0v) is 13.1. The lowest BCUT2D eigenvalue weighted by Crippen LogP contribution is -2.18. The minimum atomic E-state index is -2.97. The maximum atomic E-state index is 11.5. The van der Waals surface area contributed by atoms with Crippen LogP contribution in [0.5, 0.6) is 0 Å². The molecule has 0 aromatic carbocycles. The number of rotatable bonds is 7. The van der Waals surface area contributed by atoms with Gasteiger partial charge in [-0.1, -0.05) is 6.92 Å². The third-order valence-corrected chi connectivity index (χ3v) is 5.32. The van der Waals surface area contributed by atoms with Gasteiger partial charge >= 0.3 is 0 Å². The molecule has 0 fully saturated rings. The van der Waals surface area contributed by atoms with Gasteiger partial charge < -0.3 is 10.6 Å². The Kier molecular flexibility index (Phi) is 4.77. The molecular weight excluding hydrogens is 296 g/mol. The first kappa shape index (κ1) is 15.0. The van der Waals surface area contributed by atoms with Crippen molar-refractivity contribution in [3.63, 3.8) is 0 Å². The smallest absolute Gasteiger partial charge is 0.226 e. The monoisotopic (exact) mass is 314 g/mol. The molecule has 2 rings (SSSR count). The molecule has 0 saturated heterocycles. The van der Waals surface area contributed by atoms with Crippen LogP contribution in [-0.4, -0.2) is 43.0 Å². The van der Waals surface area contributed by atoms with E-state index in [-0.39, 0.29) is 11.5 Å². The fourth-order valence-electron chi connectivity index (χ4n) is 1.70. The average Bonchev–Trinajstić information content (AvgIpc) is 2.87. The highest BCUT2D eigenvalue weighted by Gasteiger charge is 2.10. The van der Waals surface area contributed by atoms with Crippen molar-refractivity contribution >= 4 is 43.2 Å². The molecule has 0 aliphatic heterocycles. The van der Waals surface area contributed by atoms with E-state index < -0.39 is 9.84 Å². The minimum absolute atomic E-state index is 0.107. The number of sulfone groups is 1. The van der Waals surface area contributed by atoms with Gasteiger partial charge in [0.25, 0.3) is 0 Å². The molecule has 0 amide bonds. The van der Waals surface area contributed by atoms with Gasteiger partial charge in [-0.15, -0.1) is 11.3 Å². The van der Waals surface area contributed by atoms with Crippen LogP contribution in [0.1, 0.15) is 13.8 Å². The summed E-state index contributed by atoms with van der Waals surface area (Å²) in [6.45, 7) is 4.72. The lowest BCUT2D eigenvalue weighted by atomic mass is 10.4. The van der Waals surface area contributed by atoms with Gasteiger partial charge in [-0.05, 0) is 18.4 Å². The summed E-state index contributed by atoms with van der Waals surface area (Å²) in [7, 11) is -2.97. The standard InChI is InChI=1S/C12H18N4O2S2/c1-3-13-12-15-10(9-5-7-19-11(9)16-12)14-6-8-20(17,18)4-2/h5,7H,3-4,6,8H2,1-2H3,(H2,13,14,15,16). The van der Waals surface area contributed by atoms with Crippen LogP contribution >= 0.6 is 11.3 Å². The number of fused-ring (bicyclic) bond motifs is 1. The number of nitrogens with one attached hydrogen (secondary N) is 2. The van der Waals surface area contributed by atoms with Gasteiger partial charge in [0.05, 0.1) is 11.1 Å². The van der Waals surface area contributed by atoms with Crippen molar-refractivity contribution in [2.75, 3.05) is 35.2 Å². The lowest BCUT2D eigenvalue weighted by molar-refractivity contribution is 0.597. The van der Waals surface area contributed by atoms with Gasteiger partial charge in [-0.25, -0.2) is 13.4 Å². The van der Waals surface area contributed by atoms with E-state index in [0.717, 1.165) is 16.8 Å². The molecule has 0 spiro atoms. The molecular formula is C12H18N4O2S2. The second-order valence-corrected chi connectivity index (χ2v) is 7.60. The summed E-state index contributed by atoms with van der Waals surface area (Å²) >= 11 is 1.54. The normalized spacial score (nSPS) is 11.7. The molecule has 2 aromatic rings. The van der Waals surface area contributed by atoms with Crippen molar-refractivity contribution in [1.82, 2.24) is 9.97 Å². The van der Waals surface area contributed by atoms with Gasteiger partial charge in [0.2, 0.25) is 5.95 Å². The highest BCUT2D eigenvalue weighted by molar-refractivity contribution is 7.91. The number of anilines is 2. The van der Waals surface area contributed by atoms with Gasteiger partial charge in [0.15, 0.2) is 9.84 Å². The van der Waals surface area contributed by atoms with E-state index in [2.05, 4.69) is 20.6 Å². The van der Waals surface area contributed by atoms with Gasteiger partial charge in [-0.3, -0.25) is 0 Å². The third-order valence-electron chi connectivity index (χ3n) is 2.81. The van der Waals surface area contributed by atoms with E-state index in [0.29, 0.717) is 18.3 Å². The molecule has 0 atom stereocenters. The summed E-state index contributed by atoms with van der Waals surface area (Å²) in [6, 6.07) is 1.94. The Balaban J connectivity index is 2.17. The zero-order valence-electron chi connectivity index (χ0n) is 11.5. The van der Waals surface area contributed by atoms with E-state index in [1.165, 1.54) is 11.3 Å². The number of hydrogen-bond donors (Lipinski definition) is 2. The summed E-state index contributed by atoms with van der Waals surface area (Å²) in [5, 5.41) is 9.04. The predicted octanol–water partition coefficient (Wildman–Crippen LogP) is 1.97. The molecule has 0 bridgehead atoms. The van der Waals surface area contributed by atoms with Crippen LogP contribution in [0, 0.1) is 0 Å². The molecule has 0 aliphatic carbocycles. The zero-order chi connectivity index (χ0) is 14.6. The molecule has 8 heteroatoms. The van der Waals surface area contributed by atoms with Crippen molar-refractivity contribution in [2.24, 2.45) is 0 Å². The van der Waals surface area contributed by atoms with Crippen LogP contribution in [0.4, 0.5) is 11.8 Å². The number of nitrogens with zero attached hydrogens (tertiary/aromatic N) is 2. The molecule has 20 heavy (non-hydrogen) atoms. The molecule has 2 heterocycles. The maximum absolute atomic E-state index is 11.5. The van der Waals surface area contributed by atoms with E-state index in [4.69, 9.17) is 0 Å². The molecule has 110 valence electrons. The Bertz CT molecular complexity index is 682. The molecule has 6 nitrogen and oxygen atoms in total. The third kappa shape index (κ3) is 3.57. The van der Waals surface area contributed by atoms with Crippen LogP contribution < -0.4 is 10.6 Å². The van der Waals surface area contributed by atoms with Crippen molar-refractivity contribution in [3.8, 4) is 0 Å². The van der Waals surface area contributed by atoms with E-state index >= 15 is 0 Å². The van der Waals surface area contributed by atoms with Crippen molar-refractivity contribution in [3.05, 3.63) is 11.4 Å². The Hall–Kier alpha value is -1.41. The Morgan fingerprint density at radius 3 is 2.75 bits per heavy atom. The highest BCUT2D eigenvalue weighted by Crippen LogP contribution is 2.26. The summed E-state index contributed by atoms with van der Waals surface area (Å²) in [6.07, 6.45) is 0. The second-order valence-electron chi connectivity index (χ2n) is 4.23. The predicted molar refractivity (Wildman–Crippen MR) is 84.4 cm³/mol. The molecule has 2 aromatic heterocycles. The topological polar surface area (TPSA) is 84.0 Å². The minimum Gasteiger partial charge on any atom is -0.368 e. The second kappa shape index (κ2) is 6.36. The van der Waals surface area contributed by atoms with Crippen LogP contribution in [0.3, 0.4) is 0 Å². The highest BCUT2D eigenvalue weighted by atomic mass is 32.2. The van der Waals surface area contributed by atoms with Gasteiger partial charge in [0, 0.05) is 18.8 Å². The lowest BCUT2D eigenvalue weighted by Gasteiger charge is -2.09. The maximum Gasteiger partial charge on any atom is 0.226 e. The van der Waals surface area contributed by atoms with Crippen LogP contribution in [0.15, 0.2) is 11.4 Å². The molecule has 2 N–H and O–H groups in total. The molecule has 0 radical (unpaired) electrons. The van der Waals surface area contributed by atoms with Crippen LogP contribution in [0.25, 0.3) is 10.2 Å². The first-order valence-electron chi connectivity index (χ1n) is 6.49. The van der Waals surface area contributed by atoms with Crippen molar-refractivity contribution in [2.45, 2.75) is 13.8 Å². The summed E-state index contributed by atoms with van der Waals surface area (Å²) in [4.78, 5) is 9.67. The van der Waals surface area contributed by atoms with E-state index in [1.807, 2.05) is 18.4 Å². The van der Waals surface area contributed by atoms with Crippen LogP contribution in [0.2, 0.25) is 0 Å². The fourth-order valence-corrected chi connectivity index (χ4v) is 3.16. The fraction of sp³-hybridized carbons (Fsp3) is 0.500. The largest absolute Gasteiger partial charge is 0.368 e. The Morgan fingerprint density at radius 2 is 2.05 bits per heavy atom. The van der Waals surface area contributed by atoms with E-state index in [1.54, 1.807) is 6.92 Å².